The SMILES string of the molecule is COc1ccc(S(=O)(=O)Oc2ccc3c(c2)C2CCNCC2O3)cc1. The number of nitrogens with one attached hydrogen (secondary N) is 1. The van der Waals surface area contributed by atoms with Crippen molar-refractivity contribution in [2.24, 2.45) is 0 Å². The minimum absolute atomic E-state index is 0.0878. The van der Waals surface area contributed by atoms with Gasteiger partial charge in [0.05, 0.1) is 7.11 Å². The molecule has 2 atom stereocenters. The predicted molar refractivity (Wildman–Crippen MR) is 91.9 cm³/mol. The van der Waals surface area contributed by atoms with Crippen LogP contribution in [0.4, 0.5) is 0 Å². The van der Waals surface area contributed by atoms with Gasteiger partial charge in [0.2, 0.25) is 0 Å². The molecule has 4 rings (SSSR count). The van der Waals surface area contributed by atoms with Crippen molar-refractivity contribution in [3.05, 3.63) is 48.0 Å². The quantitative estimate of drug-likeness (QED) is 0.843. The zero-order valence-electron chi connectivity index (χ0n) is 13.8. The molecule has 0 spiro atoms. The van der Waals surface area contributed by atoms with Crippen molar-refractivity contribution < 1.29 is 22.1 Å². The fourth-order valence-corrected chi connectivity index (χ4v) is 4.29. The third-order valence-electron chi connectivity index (χ3n) is 4.64. The van der Waals surface area contributed by atoms with Crippen molar-refractivity contribution in [1.29, 1.82) is 0 Å². The van der Waals surface area contributed by atoms with Crippen molar-refractivity contribution in [1.82, 2.24) is 5.32 Å². The number of fused-ring (bicyclic) bond motifs is 3. The fraction of sp³-hybridized carbons (Fsp3) is 0.333. The van der Waals surface area contributed by atoms with Gasteiger partial charge in [0.15, 0.2) is 0 Å². The lowest BCUT2D eigenvalue weighted by Crippen LogP contribution is -2.39. The van der Waals surface area contributed by atoms with Gasteiger partial charge in [0.25, 0.3) is 0 Å². The van der Waals surface area contributed by atoms with Crippen LogP contribution < -0.4 is 19.0 Å². The first-order chi connectivity index (χ1) is 12.1. The Hall–Kier alpha value is -2.25. The smallest absolute Gasteiger partial charge is 0.339 e. The van der Waals surface area contributed by atoms with E-state index in [2.05, 4.69) is 5.32 Å². The van der Waals surface area contributed by atoms with Crippen LogP contribution in [-0.4, -0.2) is 34.7 Å². The highest BCUT2D eigenvalue weighted by Gasteiger charge is 2.36. The van der Waals surface area contributed by atoms with Crippen molar-refractivity contribution in [2.45, 2.75) is 23.3 Å². The van der Waals surface area contributed by atoms with Crippen LogP contribution in [0.3, 0.4) is 0 Å². The Bertz CT molecular complexity index is 879. The second kappa shape index (κ2) is 6.24. The lowest BCUT2D eigenvalue weighted by atomic mass is 9.90. The summed E-state index contributed by atoms with van der Waals surface area (Å²) in [6.45, 7) is 1.74. The Morgan fingerprint density at radius 1 is 1.12 bits per heavy atom. The van der Waals surface area contributed by atoms with Crippen LogP contribution >= 0.6 is 0 Å². The van der Waals surface area contributed by atoms with E-state index in [-0.39, 0.29) is 16.9 Å². The molecule has 2 aromatic carbocycles. The summed E-state index contributed by atoms with van der Waals surface area (Å²) in [5.74, 6) is 1.99. The zero-order chi connectivity index (χ0) is 17.4. The Kier molecular flexibility index (Phi) is 4.05. The summed E-state index contributed by atoms with van der Waals surface area (Å²) in [4.78, 5) is 0.0878. The molecule has 6 nitrogen and oxygen atoms in total. The normalized spacial score (nSPS) is 21.8. The van der Waals surface area contributed by atoms with E-state index < -0.39 is 10.1 Å². The second-order valence-corrected chi connectivity index (χ2v) is 7.71. The van der Waals surface area contributed by atoms with E-state index in [0.29, 0.717) is 11.5 Å². The van der Waals surface area contributed by atoms with Gasteiger partial charge in [-0.05, 0) is 55.4 Å². The molecular weight excluding hydrogens is 342 g/mol. The number of hydrogen-bond donors (Lipinski definition) is 1. The maximum Gasteiger partial charge on any atom is 0.339 e. The minimum atomic E-state index is -3.89. The molecular formula is C18H19NO5S. The number of piperidine rings is 1. The van der Waals surface area contributed by atoms with E-state index in [1.165, 1.54) is 19.2 Å². The third-order valence-corrected chi connectivity index (χ3v) is 5.90. The highest BCUT2D eigenvalue weighted by atomic mass is 32.2. The minimum Gasteiger partial charge on any atom is -0.497 e. The lowest BCUT2D eigenvalue weighted by molar-refractivity contribution is 0.177. The third kappa shape index (κ3) is 3.05. The number of hydrogen-bond acceptors (Lipinski definition) is 6. The predicted octanol–water partition coefficient (Wildman–Crippen LogP) is 2.30. The molecule has 0 amide bonds. The molecule has 2 aliphatic heterocycles. The Labute approximate surface area is 146 Å². The Morgan fingerprint density at radius 3 is 2.64 bits per heavy atom. The molecule has 132 valence electrons. The average Bonchev–Trinajstić information content (AvgIpc) is 2.99. The van der Waals surface area contributed by atoms with Gasteiger partial charge in [-0.15, -0.1) is 0 Å². The molecule has 0 aliphatic carbocycles. The van der Waals surface area contributed by atoms with Gasteiger partial charge in [-0.25, -0.2) is 0 Å². The molecule has 25 heavy (non-hydrogen) atoms. The monoisotopic (exact) mass is 361 g/mol. The Balaban J connectivity index is 1.59. The summed E-state index contributed by atoms with van der Waals surface area (Å²) in [5.41, 5.74) is 1.02. The first-order valence-corrected chi connectivity index (χ1v) is 9.57. The first kappa shape index (κ1) is 16.2. The number of benzene rings is 2. The first-order valence-electron chi connectivity index (χ1n) is 8.17. The summed E-state index contributed by atoms with van der Waals surface area (Å²) in [6, 6.07) is 11.3. The number of ether oxygens (including phenoxy) is 2. The highest BCUT2D eigenvalue weighted by Crippen LogP contribution is 2.43. The average molecular weight is 361 g/mol. The van der Waals surface area contributed by atoms with Crippen LogP contribution in [0.2, 0.25) is 0 Å². The maximum atomic E-state index is 12.5. The molecule has 1 saturated heterocycles. The fourth-order valence-electron chi connectivity index (χ4n) is 3.37. The van der Waals surface area contributed by atoms with Gasteiger partial charge in [0, 0.05) is 18.0 Å². The van der Waals surface area contributed by atoms with E-state index in [4.69, 9.17) is 13.7 Å². The van der Waals surface area contributed by atoms with Gasteiger partial charge in [-0.3, -0.25) is 0 Å². The topological polar surface area (TPSA) is 73.9 Å². The number of methoxy groups -OCH3 is 1. The highest BCUT2D eigenvalue weighted by molar-refractivity contribution is 7.87. The standard InChI is InChI=1S/C18H19NO5S/c1-22-12-2-5-14(6-3-12)25(20,21)24-13-4-7-17-16(10-13)15-8-9-19-11-18(15)23-17/h2-7,10,15,18-19H,8-9,11H2,1H3. The summed E-state index contributed by atoms with van der Waals surface area (Å²) >= 11 is 0. The number of rotatable bonds is 4. The zero-order valence-corrected chi connectivity index (χ0v) is 14.6. The molecule has 2 heterocycles. The van der Waals surface area contributed by atoms with Crippen molar-refractivity contribution in [3.8, 4) is 17.2 Å². The molecule has 0 saturated carbocycles. The molecule has 0 bridgehead atoms. The lowest BCUT2D eigenvalue weighted by Gasteiger charge is -2.24. The second-order valence-electron chi connectivity index (χ2n) is 6.17. The van der Waals surface area contributed by atoms with Crippen molar-refractivity contribution in [2.75, 3.05) is 20.2 Å². The van der Waals surface area contributed by atoms with Crippen LogP contribution in [-0.2, 0) is 10.1 Å². The van der Waals surface area contributed by atoms with Crippen molar-refractivity contribution in [3.63, 3.8) is 0 Å². The molecule has 0 aromatic heterocycles. The van der Waals surface area contributed by atoms with E-state index in [0.717, 1.165) is 30.8 Å². The molecule has 7 heteroatoms. The van der Waals surface area contributed by atoms with E-state index in [9.17, 15) is 8.42 Å². The maximum absolute atomic E-state index is 12.5. The van der Waals surface area contributed by atoms with Gasteiger partial charge in [-0.1, -0.05) is 0 Å². The summed E-state index contributed by atoms with van der Waals surface area (Å²) in [5, 5.41) is 3.31. The van der Waals surface area contributed by atoms with Crippen LogP contribution in [0, 0.1) is 0 Å². The summed E-state index contributed by atoms with van der Waals surface area (Å²) < 4.78 is 41.3. The molecule has 2 unspecified atom stereocenters. The van der Waals surface area contributed by atoms with Gasteiger partial charge in [0.1, 0.15) is 28.2 Å². The Morgan fingerprint density at radius 2 is 1.88 bits per heavy atom. The van der Waals surface area contributed by atoms with Crippen LogP contribution in [0.25, 0.3) is 0 Å². The molecule has 0 radical (unpaired) electrons. The molecule has 2 aliphatic rings. The van der Waals surface area contributed by atoms with Gasteiger partial charge in [-0.2, -0.15) is 8.42 Å². The van der Waals surface area contributed by atoms with Crippen LogP contribution in [0.15, 0.2) is 47.4 Å². The van der Waals surface area contributed by atoms with E-state index in [1.54, 1.807) is 30.3 Å². The van der Waals surface area contributed by atoms with Gasteiger partial charge < -0.3 is 19.0 Å². The molecule has 2 aromatic rings. The largest absolute Gasteiger partial charge is 0.497 e. The molecule has 1 fully saturated rings. The van der Waals surface area contributed by atoms with Crippen LogP contribution in [0.5, 0.6) is 17.2 Å². The van der Waals surface area contributed by atoms with E-state index in [1.807, 2.05) is 0 Å². The van der Waals surface area contributed by atoms with Crippen molar-refractivity contribution >= 4 is 10.1 Å². The summed E-state index contributed by atoms with van der Waals surface area (Å²) in [6.07, 6.45) is 1.07. The summed E-state index contributed by atoms with van der Waals surface area (Å²) in [7, 11) is -2.37. The van der Waals surface area contributed by atoms with Crippen LogP contribution in [0.1, 0.15) is 17.9 Å². The van der Waals surface area contributed by atoms with Gasteiger partial charge >= 0.3 is 10.1 Å². The van der Waals surface area contributed by atoms with E-state index >= 15 is 0 Å². The molecule has 1 N–H and O–H groups in total.